The van der Waals surface area contributed by atoms with Crippen molar-refractivity contribution in [1.29, 1.82) is 0 Å². The summed E-state index contributed by atoms with van der Waals surface area (Å²) >= 11 is 6.30. The minimum atomic E-state index is -3.66. The monoisotopic (exact) mass is 404 g/mol. The van der Waals surface area contributed by atoms with Crippen LogP contribution in [-0.4, -0.2) is 38.9 Å². The van der Waals surface area contributed by atoms with Gasteiger partial charge in [-0.05, 0) is 41.8 Å². The van der Waals surface area contributed by atoms with E-state index in [-0.39, 0.29) is 10.7 Å². The zero-order chi connectivity index (χ0) is 19.0. The lowest BCUT2D eigenvalue weighted by Crippen LogP contribution is -2.48. The molecule has 4 rings (SSSR count). The normalized spacial score (nSPS) is 16.0. The Hall–Kier alpha value is -2.15. The van der Waals surface area contributed by atoms with Gasteiger partial charge in [0.25, 0.3) is 0 Å². The second-order valence-corrected chi connectivity index (χ2v) is 8.78. The van der Waals surface area contributed by atoms with E-state index in [0.29, 0.717) is 36.6 Å². The number of piperazine rings is 1. The molecule has 0 aliphatic carbocycles. The van der Waals surface area contributed by atoms with E-state index < -0.39 is 10.0 Å². The van der Waals surface area contributed by atoms with Crippen LogP contribution in [0, 0.1) is 5.82 Å². The van der Waals surface area contributed by atoms with E-state index in [0.717, 1.165) is 11.1 Å². The number of sulfonamides is 1. The maximum absolute atomic E-state index is 13.2. The number of rotatable bonds is 3. The topological polar surface area (TPSA) is 40.6 Å². The van der Waals surface area contributed by atoms with Crippen LogP contribution >= 0.6 is 11.6 Å². The molecule has 4 nitrogen and oxygen atoms in total. The maximum atomic E-state index is 13.2. The van der Waals surface area contributed by atoms with Gasteiger partial charge in [0.05, 0.1) is 4.90 Å². The molecule has 0 atom stereocenters. The van der Waals surface area contributed by atoms with Gasteiger partial charge in [0.15, 0.2) is 0 Å². The van der Waals surface area contributed by atoms with Crippen LogP contribution in [0.15, 0.2) is 65.6 Å². The van der Waals surface area contributed by atoms with Gasteiger partial charge < -0.3 is 4.90 Å². The fourth-order valence-corrected chi connectivity index (χ4v) is 5.45. The Morgan fingerprint density at radius 3 is 2.15 bits per heavy atom. The molecule has 0 unspecified atom stereocenters. The molecule has 0 amide bonds. The predicted octanol–water partition coefficient (Wildman–Crippen LogP) is 4.14. The second kappa shape index (κ2) is 7.11. The molecular weight excluding hydrogens is 387 g/mol. The summed E-state index contributed by atoms with van der Waals surface area (Å²) in [7, 11) is -3.66. The molecule has 3 aromatic carbocycles. The lowest BCUT2D eigenvalue weighted by molar-refractivity contribution is 0.385. The number of hydrogen-bond acceptors (Lipinski definition) is 3. The molecule has 1 heterocycles. The van der Waals surface area contributed by atoms with Crippen LogP contribution < -0.4 is 4.90 Å². The summed E-state index contributed by atoms with van der Waals surface area (Å²) in [6.45, 7) is 1.81. The number of fused-ring (bicyclic) bond motifs is 1. The predicted molar refractivity (Wildman–Crippen MR) is 106 cm³/mol. The Kier molecular flexibility index (Phi) is 4.80. The Morgan fingerprint density at radius 1 is 0.852 bits per heavy atom. The largest absolute Gasteiger partial charge is 0.369 e. The lowest BCUT2D eigenvalue weighted by Gasteiger charge is -2.35. The molecule has 1 aliphatic rings. The number of halogens is 2. The van der Waals surface area contributed by atoms with Crippen molar-refractivity contribution in [3.8, 4) is 0 Å². The van der Waals surface area contributed by atoms with Crippen LogP contribution in [0.5, 0.6) is 0 Å². The van der Waals surface area contributed by atoms with Gasteiger partial charge in [-0.2, -0.15) is 4.31 Å². The Balaban J connectivity index is 1.60. The van der Waals surface area contributed by atoms with E-state index in [1.54, 1.807) is 30.3 Å². The molecule has 27 heavy (non-hydrogen) atoms. The first-order valence-corrected chi connectivity index (χ1v) is 10.5. The lowest BCUT2D eigenvalue weighted by atomic mass is 10.1. The average molecular weight is 405 g/mol. The first-order valence-electron chi connectivity index (χ1n) is 8.65. The van der Waals surface area contributed by atoms with Crippen LogP contribution in [0.3, 0.4) is 0 Å². The molecule has 0 N–H and O–H groups in total. The van der Waals surface area contributed by atoms with Gasteiger partial charge in [-0.3, -0.25) is 0 Å². The zero-order valence-corrected chi connectivity index (χ0v) is 16.0. The summed E-state index contributed by atoms with van der Waals surface area (Å²) in [6, 6.07) is 16.8. The maximum Gasteiger partial charge on any atom is 0.243 e. The summed E-state index contributed by atoms with van der Waals surface area (Å²) in [4.78, 5) is 2.29. The van der Waals surface area contributed by atoms with E-state index in [2.05, 4.69) is 4.90 Å². The minimum Gasteiger partial charge on any atom is -0.369 e. The third kappa shape index (κ3) is 3.40. The van der Waals surface area contributed by atoms with Crippen LogP contribution in [-0.2, 0) is 10.0 Å². The Labute approximate surface area is 162 Å². The molecule has 7 heteroatoms. The number of anilines is 1. The van der Waals surface area contributed by atoms with Gasteiger partial charge in [-0.15, -0.1) is 0 Å². The Bertz CT molecular complexity index is 1070. The van der Waals surface area contributed by atoms with Crippen molar-refractivity contribution in [3.63, 3.8) is 0 Å². The number of hydrogen-bond donors (Lipinski definition) is 0. The second-order valence-electron chi connectivity index (χ2n) is 6.46. The highest BCUT2D eigenvalue weighted by Crippen LogP contribution is 2.32. The number of nitrogens with zero attached hydrogens (tertiary/aromatic N) is 2. The highest BCUT2D eigenvalue weighted by Gasteiger charge is 2.30. The number of benzene rings is 3. The van der Waals surface area contributed by atoms with Gasteiger partial charge >= 0.3 is 0 Å². The molecule has 0 aromatic heterocycles. The molecule has 0 saturated carbocycles. The third-order valence-electron chi connectivity index (χ3n) is 4.86. The van der Waals surface area contributed by atoms with E-state index in [9.17, 15) is 12.8 Å². The molecule has 1 fully saturated rings. The van der Waals surface area contributed by atoms with Gasteiger partial charge in [0.2, 0.25) is 10.0 Å². The SMILES string of the molecule is O=S(=O)(c1cccc2cccc(Cl)c12)N1CCN(c2ccc(F)cc2)CC1. The highest BCUT2D eigenvalue weighted by molar-refractivity contribution is 7.89. The Morgan fingerprint density at radius 2 is 1.48 bits per heavy atom. The van der Waals surface area contributed by atoms with Gasteiger partial charge in [0.1, 0.15) is 5.82 Å². The van der Waals surface area contributed by atoms with Crippen LogP contribution in [0.1, 0.15) is 0 Å². The highest BCUT2D eigenvalue weighted by atomic mass is 35.5. The van der Waals surface area contributed by atoms with Crippen molar-refractivity contribution in [2.45, 2.75) is 4.90 Å². The van der Waals surface area contributed by atoms with Crippen LogP contribution in [0.25, 0.3) is 10.8 Å². The van der Waals surface area contributed by atoms with Crippen molar-refractivity contribution >= 4 is 38.1 Å². The van der Waals surface area contributed by atoms with Crippen molar-refractivity contribution in [2.24, 2.45) is 0 Å². The summed E-state index contributed by atoms with van der Waals surface area (Å²) in [5, 5.41) is 1.78. The van der Waals surface area contributed by atoms with E-state index in [4.69, 9.17) is 11.6 Å². The third-order valence-corrected chi connectivity index (χ3v) is 7.12. The standard InChI is InChI=1S/C20H18ClFN2O2S/c21-18-5-1-3-15-4-2-6-19(20(15)18)27(25,26)24-13-11-23(12-14-24)17-9-7-16(22)8-10-17/h1-10H,11-14H2. The van der Waals surface area contributed by atoms with Crippen molar-refractivity contribution in [3.05, 3.63) is 71.5 Å². The molecular formula is C20H18ClFN2O2S. The molecule has 0 bridgehead atoms. The van der Waals surface area contributed by atoms with Crippen LogP contribution in [0.4, 0.5) is 10.1 Å². The summed E-state index contributed by atoms with van der Waals surface area (Å²) in [6.07, 6.45) is 0. The minimum absolute atomic E-state index is 0.237. The van der Waals surface area contributed by atoms with Crippen LogP contribution in [0.2, 0.25) is 5.02 Å². The van der Waals surface area contributed by atoms with E-state index in [1.807, 2.05) is 18.2 Å². The zero-order valence-electron chi connectivity index (χ0n) is 14.5. The molecule has 0 radical (unpaired) electrons. The summed E-state index contributed by atoms with van der Waals surface area (Å²) in [5.41, 5.74) is 0.890. The van der Waals surface area contributed by atoms with Gasteiger partial charge in [-0.25, -0.2) is 12.8 Å². The van der Waals surface area contributed by atoms with Crippen molar-refractivity contribution in [1.82, 2.24) is 4.31 Å². The molecule has 0 spiro atoms. The van der Waals surface area contributed by atoms with Gasteiger partial charge in [0, 0.05) is 42.3 Å². The first kappa shape index (κ1) is 18.2. The molecule has 3 aromatic rings. The van der Waals surface area contributed by atoms with E-state index >= 15 is 0 Å². The fourth-order valence-electron chi connectivity index (χ4n) is 3.45. The first-order chi connectivity index (χ1) is 13.0. The smallest absolute Gasteiger partial charge is 0.243 e. The summed E-state index contributed by atoms with van der Waals surface area (Å²) < 4.78 is 41.1. The molecule has 1 saturated heterocycles. The fraction of sp³-hybridized carbons (Fsp3) is 0.200. The molecule has 1 aliphatic heterocycles. The quantitative estimate of drug-likeness (QED) is 0.658. The summed E-state index contributed by atoms with van der Waals surface area (Å²) in [5.74, 6) is -0.284. The van der Waals surface area contributed by atoms with Crippen molar-refractivity contribution in [2.75, 3.05) is 31.1 Å². The van der Waals surface area contributed by atoms with Crippen molar-refractivity contribution < 1.29 is 12.8 Å². The average Bonchev–Trinajstić information content (AvgIpc) is 2.68. The van der Waals surface area contributed by atoms with Gasteiger partial charge in [-0.1, -0.05) is 35.9 Å². The molecule has 140 valence electrons. The van der Waals surface area contributed by atoms with E-state index in [1.165, 1.54) is 16.4 Å².